The van der Waals surface area contributed by atoms with Gasteiger partial charge in [0, 0.05) is 6.20 Å². The molecule has 0 atom stereocenters. The second kappa shape index (κ2) is 3.88. The molecule has 11 heavy (non-hydrogen) atoms. The van der Waals surface area contributed by atoms with E-state index in [-0.39, 0.29) is 6.61 Å². The van der Waals surface area contributed by atoms with Gasteiger partial charge in [0.25, 0.3) is 0 Å². The molecule has 0 aliphatic heterocycles. The molecule has 0 aromatic carbocycles. The van der Waals surface area contributed by atoms with E-state index in [1.807, 2.05) is 25.1 Å². The summed E-state index contributed by atoms with van der Waals surface area (Å²) in [5.74, 6) is 0. The molecule has 0 saturated carbocycles. The van der Waals surface area contributed by atoms with E-state index in [2.05, 4.69) is 4.98 Å². The predicted molar refractivity (Wildman–Crippen MR) is 45.0 cm³/mol. The van der Waals surface area contributed by atoms with Gasteiger partial charge in [0.05, 0.1) is 12.3 Å². The summed E-state index contributed by atoms with van der Waals surface area (Å²) in [6.07, 6.45) is 3.48. The summed E-state index contributed by atoms with van der Waals surface area (Å²) in [7, 11) is 0. The number of hydrogen-bond donors (Lipinski definition) is 1. The van der Waals surface area contributed by atoms with Gasteiger partial charge in [-0.25, -0.2) is 0 Å². The number of aromatic nitrogens is 1. The van der Waals surface area contributed by atoms with E-state index in [1.54, 1.807) is 12.3 Å². The van der Waals surface area contributed by atoms with Crippen molar-refractivity contribution in [3.63, 3.8) is 0 Å². The van der Waals surface area contributed by atoms with Crippen molar-refractivity contribution in [2.45, 2.75) is 6.92 Å². The number of rotatable bonds is 2. The number of hydrogen-bond acceptors (Lipinski definition) is 2. The van der Waals surface area contributed by atoms with Crippen LogP contribution >= 0.6 is 0 Å². The highest BCUT2D eigenvalue weighted by atomic mass is 16.2. The average Bonchev–Trinajstić information content (AvgIpc) is 2.07. The summed E-state index contributed by atoms with van der Waals surface area (Å²) < 4.78 is 0. The van der Waals surface area contributed by atoms with Crippen molar-refractivity contribution in [3.8, 4) is 0 Å². The first-order valence-corrected chi connectivity index (χ1v) is 3.53. The van der Waals surface area contributed by atoms with Gasteiger partial charge >= 0.3 is 0 Å². The third-order valence-corrected chi connectivity index (χ3v) is 1.47. The molecule has 1 N–H and O–H groups in total. The highest BCUT2D eigenvalue weighted by Crippen LogP contribution is 2.07. The lowest BCUT2D eigenvalue weighted by atomic mass is 10.2. The highest BCUT2D eigenvalue weighted by molar-refractivity contribution is 5.59. The third-order valence-electron chi connectivity index (χ3n) is 1.47. The Balaban J connectivity index is 2.85. The summed E-state index contributed by atoms with van der Waals surface area (Å²) in [4.78, 5) is 4.12. The van der Waals surface area contributed by atoms with Crippen LogP contribution in [0.2, 0.25) is 0 Å². The Morgan fingerprint density at radius 1 is 1.64 bits per heavy atom. The predicted octanol–water partition coefficient (Wildman–Crippen LogP) is 1.48. The van der Waals surface area contributed by atoms with E-state index >= 15 is 0 Å². The number of aliphatic hydroxyl groups is 1. The van der Waals surface area contributed by atoms with Crippen LogP contribution in [0.3, 0.4) is 0 Å². The van der Waals surface area contributed by atoms with Gasteiger partial charge < -0.3 is 5.11 Å². The molecule has 2 heteroatoms. The van der Waals surface area contributed by atoms with Crippen LogP contribution in [0.5, 0.6) is 0 Å². The minimum absolute atomic E-state index is 0.0718. The SMILES string of the molecule is CC(=CCO)c1ccccn1. The van der Waals surface area contributed by atoms with E-state index in [0.29, 0.717) is 0 Å². The summed E-state index contributed by atoms with van der Waals surface area (Å²) in [6, 6.07) is 5.72. The van der Waals surface area contributed by atoms with E-state index in [9.17, 15) is 0 Å². The molecule has 1 aromatic rings. The van der Waals surface area contributed by atoms with Gasteiger partial charge in [-0.05, 0) is 24.6 Å². The number of aliphatic hydroxyl groups excluding tert-OH is 1. The Hall–Kier alpha value is -1.15. The molecule has 0 amide bonds. The molecule has 0 unspecified atom stereocenters. The van der Waals surface area contributed by atoms with Gasteiger partial charge in [0.2, 0.25) is 0 Å². The zero-order valence-electron chi connectivity index (χ0n) is 6.49. The largest absolute Gasteiger partial charge is 0.392 e. The molecule has 0 aliphatic carbocycles. The standard InChI is InChI=1S/C9H11NO/c1-8(5-7-11)9-4-2-3-6-10-9/h2-6,11H,7H2,1H3. The minimum atomic E-state index is 0.0718. The fraction of sp³-hybridized carbons (Fsp3) is 0.222. The maximum atomic E-state index is 8.59. The minimum Gasteiger partial charge on any atom is -0.392 e. The molecule has 1 heterocycles. The maximum Gasteiger partial charge on any atom is 0.0656 e. The van der Waals surface area contributed by atoms with Crippen LogP contribution in [0.15, 0.2) is 30.5 Å². The van der Waals surface area contributed by atoms with Crippen molar-refractivity contribution >= 4 is 5.57 Å². The molecule has 1 rings (SSSR count). The summed E-state index contributed by atoms with van der Waals surface area (Å²) in [5, 5.41) is 8.59. The summed E-state index contributed by atoms with van der Waals surface area (Å²) >= 11 is 0. The normalized spacial score (nSPS) is 11.6. The maximum absolute atomic E-state index is 8.59. The van der Waals surface area contributed by atoms with Crippen LogP contribution in [-0.4, -0.2) is 16.7 Å². The molecule has 0 spiro atoms. The number of nitrogens with zero attached hydrogens (tertiary/aromatic N) is 1. The van der Waals surface area contributed by atoms with Crippen molar-refractivity contribution in [1.82, 2.24) is 4.98 Å². The number of allylic oxidation sites excluding steroid dienone is 1. The smallest absolute Gasteiger partial charge is 0.0656 e. The highest BCUT2D eigenvalue weighted by Gasteiger charge is 1.92. The van der Waals surface area contributed by atoms with Gasteiger partial charge in [0.1, 0.15) is 0 Å². The Kier molecular flexibility index (Phi) is 2.81. The molecule has 2 nitrogen and oxygen atoms in total. The quantitative estimate of drug-likeness (QED) is 0.690. The monoisotopic (exact) mass is 149 g/mol. The van der Waals surface area contributed by atoms with Crippen molar-refractivity contribution in [2.75, 3.05) is 6.61 Å². The summed E-state index contributed by atoms with van der Waals surface area (Å²) in [5.41, 5.74) is 1.93. The summed E-state index contributed by atoms with van der Waals surface area (Å²) in [6.45, 7) is 2.00. The molecule has 0 fully saturated rings. The molecule has 1 aromatic heterocycles. The van der Waals surface area contributed by atoms with Crippen molar-refractivity contribution in [2.24, 2.45) is 0 Å². The first-order valence-electron chi connectivity index (χ1n) is 3.53. The lowest BCUT2D eigenvalue weighted by molar-refractivity contribution is 0.343. The topological polar surface area (TPSA) is 33.1 Å². The van der Waals surface area contributed by atoms with Crippen molar-refractivity contribution in [3.05, 3.63) is 36.2 Å². The Labute approximate surface area is 66.2 Å². The average molecular weight is 149 g/mol. The fourth-order valence-corrected chi connectivity index (χ4v) is 0.838. The van der Waals surface area contributed by atoms with Crippen LogP contribution < -0.4 is 0 Å². The van der Waals surface area contributed by atoms with Gasteiger partial charge in [-0.1, -0.05) is 12.1 Å². The molecule has 0 bridgehead atoms. The van der Waals surface area contributed by atoms with Crippen LogP contribution in [0.25, 0.3) is 5.57 Å². The second-order valence-corrected chi connectivity index (χ2v) is 2.28. The first-order chi connectivity index (χ1) is 5.34. The lowest BCUT2D eigenvalue weighted by Crippen LogP contribution is -1.85. The third kappa shape index (κ3) is 2.16. The number of pyridine rings is 1. The van der Waals surface area contributed by atoms with Crippen LogP contribution in [0.1, 0.15) is 12.6 Å². The van der Waals surface area contributed by atoms with Crippen LogP contribution in [0, 0.1) is 0 Å². The van der Waals surface area contributed by atoms with Crippen molar-refractivity contribution in [1.29, 1.82) is 0 Å². The van der Waals surface area contributed by atoms with Gasteiger partial charge in [-0.3, -0.25) is 4.98 Å². The Bertz CT molecular complexity index is 241. The zero-order chi connectivity index (χ0) is 8.10. The molecule has 0 saturated heterocycles. The zero-order valence-corrected chi connectivity index (χ0v) is 6.49. The Morgan fingerprint density at radius 3 is 3.00 bits per heavy atom. The molecule has 0 radical (unpaired) electrons. The molecular weight excluding hydrogens is 138 g/mol. The van der Waals surface area contributed by atoms with Crippen LogP contribution in [0.4, 0.5) is 0 Å². The van der Waals surface area contributed by atoms with E-state index in [1.165, 1.54) is 0 Å². The van der Waals surface area contributed by atoms with Gasteiger partial charge in [-0.2, -0.15) is 0 Å². The fourth-order valence-electron chi connectivity index (χ4n) is 0.838. The molecule has 0 aliphatic rings. The first kappa shape index (κ1) is 7.95. The Morgan fingerprint density at radius 2 is 2.45 bits per heavy atom. The second-order valence-electron chi connectivity index (χ2n) is 2.28. The van der Waals surface area contributed by atoms with E-state index in [4.69, 9.17) is 5.11 Å². The van der Waals surface area contributed by atoms with E-state index in [0.717, 1.165) is 11.3 Å². The van der Waals surface area contributed by atoms with Gasteiger partial charge in [-0.15, -0.1) is 0 Å². The van der Waals surface area contributed by atoms with Crippen LogP contribution in [-0.2, 0) is 0 Å². The lowest BCUT2D eigenvalue weighted by Gasteiger charge is -1.97. The van der Waals surface area contributed by atoms with E-state index < -0.39 is 0 Å². The van der Waals surface area contributed by atoms with Crippen molar-refractivity contribution < 1.29 is 5.11 Å². The molecule has 58 valence electrons. The van der Waals surface area contributed by atoms with Gasteiger partial charge in [0.15, 0.2) is 0 Å². The molecular formula is C9H11NO.